The minimum Gasteiger partial charge on any atom is -0.338 e. The summed E-state index contributed by atoms with van der Waals surface area (Å²) in [4.78, 5) is 4.58. The van der Waals surface area contributed by atoms with E-state index in [0.717, 1.165) is 30.9 Å². The molecule has 0 N–H and O–H groups in total. The Morgan fingerprint density at radius 2 is 2.29 bits per heavy atom. The first-order chi connectivity index (χ1) is 8.20. The Labute approximate surface area is 109 Å². The Morgan fingerprint density at radius 1 is 1.47 bits per heavy atom. The third kappa shape index (κ3) is 2.94. The summed E-state index contributed by atoms with van der Waals surface area (Å²) >= 11 is 3.57. The SMILES string of the molecule is CCC(Br)c1cn(CCc2nccn2C)nn1. The van der Waals surface area contributed by atoms with Gasteiger partial charge >= 0.3 is 0 Å². The molecule has 0 spiro atoms. The standard InChI is InChI=1S/C11H16BrN5/c1-3-9(12)10-8-17(15-14-10)6-4-11-13-5-7-16(11)2/h5,7-9H,3-4,6H2,1-2H3. The van der Waals surface area contributed by atoms with Gasteiger partial charge in [0.25, 0.3) is 0 Å². The number of aryl methyl sites for hydroxylation is 3. The highest BCUT2D eigenvalue weighted by Crippen LogP contribution is 2.23. The fourth-order valence-electron chi connectivity index (χ4n) is 1.63. The Kier molecular flexibility index (Phi) is 3.93. The van der Waals surface area contributed by atoms with Gasteiger partial charge in [-0.05, 0) is 6.42 Å². The predicted octanol–water partition coefficient (Wildman–Crippen LogP) is 2.10. The van der Waals surface area contributed by atoms with Gasteiger partial charge in [-0.15, -0.1) is 5.10 Å². The van der Waals surface area contributed by atoms with Crippen LogP contribution >= 0.6 is 15.9 Å². The summed E-state index contributed by atoms with van der Waals surface area (Å²) in [6, 6.07) is 0. The first-order valence-electron chi connectivity index (χ1n) is 5.71. The fraction of sp³-hybridized carbons (Fsp3) is 0.545. The molecule has 2 rings (SSSR count). The normalized spacial score (nSPS) is 12.9. The highest BCUT2D eigenvalue weighted by atomic mass is 79.9. The van der Waals surface area contributed by atoms with E-state index in [1.165, 1.54) is 0 Å². The molecule has 0 aliphatic rings. The molecule has 0 aliphatic carbocycles. The molecule has 0 radical (unpaired) electrons. The second-order valence-corrected chi connectivity index (χ2v) is 5.09. The lowest BCUT2D eigenvalue weighted by Gasteiger charge is -2.01. The molecule has 2 aromatic heterocycles. The number of rotatable bonds is 5. The number of nitrogens with zero attached hydrogens (tertiary/aromatic N) is 5. The van der Waals surface area contributed by atoms with Crippen LogP contribution in [0.4, 0.5) is 0 Å². The molecule has 0 saturated heterocycles. The zero-order valence-electron chi connectivity index (χ0n) is 10.0. The number of halogens is 1. The lowest BCUT2D eigenvalue weighted by Crippen LogP contribution is -2.06. The van der Waals surface area contributed by atoms with Crippen molar-refractivity contribution in [2.75, 3.05) is 0 Å². The topological polar surface area (TPSA) is 48.5 Å². The highest BCUT2D eigenvalue weighted by Gasteiger charge is 2.09. The van der Waals surface area contributed by atoms with Crippen molar-refractivity contribution < 1.29 is 0 Å². The van der Waals surface area contributed by atoms with E-state index in [1.54, 1.807) is 0 Å². The Bertz CT molecular complexity index is 476. The number of imidazole rings is 1. The van der Waals surface area contributed by atoms with Crippen LogP contribution in [0.1, 0.15) is 29.7 Å². The van der Waals surface area contributed by atoms with E-state index >= 15 is 0 Å². The zero-order chi connectivity index (χ0) is 12.3. The van der Waals surface area contributed by atoms with Crippen molar-refractivity contribution in [2.24, 2.45) is 7.05 Å². The van der Waals surface area contributed by atoms with Crippen LogP contribution in [0.3, 0.4) is 0 Å². The van der Waals surface area contributed by atoms with Gasteiger partial charge in [0.05, 0.1) is 10.5 Å². The van der Waals surface area contributed by atoms with Crippen LogP contribution in [0.25, 0.3) is 0 Å². The van der Waals surface area contributed by atoms with Crippen molar-refractivity contribution in [3.63, 3.8) is 0 Å². The van der Waals surface area contributed by atoms with Gasteiger partial charge in [0.1, 0.15) is 5.82 Å². The molecule has 6 heteroatoms. The molecule has 2 heterocycles. The third-order valence-electron chi connectivity index (χ3n) is 2.72. The summed E-state index contributed by atoms with van der Waals surface area (Å²) in [6.07, 6.45) is 7.64. The molecule has 5 nitrogen and oxygen atoms in total. The second-order valence-electron chi connectivity index (χ2n) is 3.99. The van der Waals surface area contributed by atoms with Crippen molar-refractivity contribution in [1.82, 2.24) is 24.5 Å². The quantitative estimate of drug-likeness (QED) is 0.794. The molecule has 0 bridgehead atoms. The monoisotopic (exact) mass is 297 g/mol. The maximum absolute atomic E-state index is 4.28. The third-order valence-corrected chi connectivity index (χ3v) is 3.84. The predicted molar refractivity (Wildman–Crippen MR) is 68.9 cm³/mol. The van der Waals surface area contributed by atoms with Crippen LogP contribution in [0.2, 0.25) is 0 Å². The summed E-state index contributed by atoms with van der Waals surface area (Å²) in [5.41, 5.74) is 0.993. The molecular weight excluding hydrogens is 282 g/mol. The van der Waals surface area contributed by atoms with Crippen LogP contribution in [0.15, 0.2) is 18.6 Å². The molecule has 0 aromatic carbocycles. The molecule has 2 aromatic rings. The largest absolute Gasteiger partial charge is 0.338 e. The van der Waals surface area contributed by atoms with Gasteiger partial charge in [-0.3, -0.25) is 4.68 Å². The average Bonchev–Trinajstić information content (AvgIpc) is 2.94. The molecule has 1 unspecified atom stereocenters. The molecule has 92 valence electrons. The maximum atomic E-state index is 4.28. The summed E-state index contributed by atoms with van der Waals surface area (Å²) in [7, 11) is 2.00. The van der Waals surface area contributed by atoms with Gasteiger partial charge in [-0.1, -0.05) is 28.1 Å². The van der Waals surface area contributed by atoms with E-state index < -0.39 is 0 Å². The van der Waals surface area contributed by atoms with Gasteiger partial charge in [-0.25, -0.2) is 4.98 Å². The van der Waals surface area contributed by atoms with Crippen LogP contribution in [0.5, 0.6) is 0 Å². The van der Waals surface area contributed by atoms with Crippen LogP contribution in [0, 0.1) is 0 Å². The molecule has 17 heavy (non-hydrogen) atoms. The summed E-state index contributed by atoms with van der Waals surface area (Å²) in [5.74, 6) is 1.06. The number of alkyl halides is 1. The summed E-state index contributed by atoms with van der Waals surface area (Å²) in [5, 5.41) is 8.26. The Balaban J connectivity index is 1.96. The fourth-order valence-corrected chi connectivity index (χ4v) is 1.84. The van der Waals surface area contributed by atoms with Crippen molar-refractivity contribution in [2.45, 2.75) is 31.1 Å². The van der Waals surface area contributed by atoms with Gasteiger partial charge in [0.15, 0.2) is 0 Å². The first kappa shape index (κ1) is 12.3. The molecule has 0 saturated carbocycles. The van der Waals surface area contributed by atoms with Crippen molar-refractivity contribution in [3.05, 3.63) is 30.1 Å². The van der Waals surface area contributed by atoms with Crippen LogP contribution in [-0.2, 0) is 20.0 Å². The molecule has 0 fully saturated rings. The summed E-state index contributed by atoms with van der Waals surface area (Å²) < 4.78 is 3.89. The Hall–Kier alpha value is -1.17. The zero-order valence-corrected chi connectivity index (χ0v) is 11.6. The average molecular weight is 298 g/mol. The number of hydrogen-bond acceptors (Lipinski definition) is 3. The molecule has 0 amide bonds. The second kappa shape index (κ2) is 5.44. The van der Waals surface area contributed by atoms with E-state index in [4.69, 9.17) is 0 Å². The van der Waals surface area contributed by atoms with E-state index in [2.05, 4.69) is 38.1 Å². The van der Waals surface area contributed by atoms with Crippen molar-refractivity contribution >= 4 is 15.9 Å². The van der Waals surface area contributed by atoms with E-state index in [-0.39, 0.29) is 0 Å². The highest BCUT2D eigenvalue weighted by molar-refractivity contribution is 9.09. The molecule has 1 atom stereocenters. The number of aromatic nitrogens is 5. The van der Waals surface area contributed by atoms with Crippen molar-refractivity contribution in [1.29, 1.82) is 0 Å². The smallest absolute Gasteiger partial charge is 0.110 e. The summed E-state index contributed by atoms with van der Waals surface area (Å²) in [6.45, 7) is 2.92. The van der Waals surface area contributed by atoms with E-state index in [9.17, 15) is 0 Å². The van der Waals surface area contributed by atoms with Crippen LogP contribution in [-0.4, -0.2) is 24.5 Å². The number of hydrogen-bond donors (Lipinski definition) is 0. The van der Waals surface area contributed by atoms with Gasteiger partial charge in [0, 0.05) is 38.6 Å². The van der Waals surface area contributed by atoms with Crippen molar-refractivity contribution in [3.8, 4) is 0 Å². The van der Waals surface area contributed by atoms with Gasteiger partial charge in [0.2, 0.25) is 0 Å². The molecular formula is C11H16BrN5. The first-order valence-corrected chi connectivity index (χ1v) is 6.62. The van der Waals surface area contributed by atoms with Crippen LogP contribution < -0.4 is 0 Å². The van der Waals surface area contributed by atoms with E-state index in [1.807, 2.05) is 34.9 Å². The maximum Gasteiger partial charge on any atom is 0.110 e. The van der Waals surface area contributed by atoms with E-state index in [0.29, 0.717) is 4.83 Å². The van der Waals surface area contributed by atoms with Gasteiger partial charge < -0.3 is 4.57 Å². The minimum absolute atomic E-state index is 0.296. The lowest BCUT2D eigenvalue weighted by atomic mass is 10.3. The molecule has 0 aliphatic heterocycles. The Morgan fingerprint density at radius 3 is 2.94 bits per heavy atom. The lowest BCUT2D eigenvalue weighted by molar-refractivity contribution is 0.569. The van der Waals surface area contributed by atoms with Gasteiger partial charge in [-0.2, -0.15) is 0 Å². The minimum atomic E-state index is 0.296.